The molecule has 34 heavy (non-hydrogen) atoms. The van der Waals surface area contributed by atoms with E-state index in [4.69, 9.17) is 31.5 Å². The molecule has 0 aliphatic heterocycles. The molecule has 2 aromatic heterocycles. The van der Waals surface area contributed by atoms with E-state index in [0.29, 0.717) is 27.9 Å². The average molecular weight is 493 g/mol. The number of esters is 1. The number of hydrogen-bond donors (Lipinski definition) is 2. The number of nitrogens with two attached hydrogens (primary N) is 1. The standard InChI is InChI=1S/C24H33ClN4O5/c1-15(2)11-24(6,26)14-33-21-18(25)9-17(12-28-21)16-7-8-27-19(10-16)29-22(31)32-13-20(30)34-23(3,4)5/h7-10,12,15H,11,13-14,26H2,1-6H3,(H,27,29,31). The molecular weight excluding hydrogens is 460 g/mol. The molecule has 0 saturated heterocycles. The molecule has 186 valence electrons. The number of halogens is 1. The van der Waals surface area contributed by atoms with Crippen LogP contribution in [-0.4, -0.2) is 46.4 Å². The number of carbonyl (C=O) groups excluding carboxylic acids is 2. The van der Waals surface area contributed by atoms with Crippen LogP contribution in [0.1, 0.15) is 48.0 Å². The Labute approximate surface area is 205 Å². The van der Waals surface area contributed by atoms with Gasteiger partial charge in [-0.15, -0.1) is 0 Å². The summed E-state index contributed by atoms with van der Waals surface area (Å²) in [5, 5.41) is 2.81. The van der Waals surface area contributed by atoms with Crippen molar-refractivity contribution in [3.8, 4) is 17.0 Å². The molecule has 0 radical (unpaired) electrons. The smallest absolute Gasteiger partial charge is 0.413 e. The Morgan fingerprint density at radius 3 is 2.47 bits per heavy atom. The van der Waals surface area contributed by atoms with Gasteiger partial charge in [0.05, 0.1) is 0 Å². The van der Waals surface area contributed by atoms with E-state index >= 15 is 0 Å². The fraction of sp³-hybridized carbons (Fsp3) is 0.500. The van der Waals surface area contributed by atoms with E-state index in [9.17, 15) is 9.59 Å². The molecule has 1 amide bonds. The van der Waals surface area contributed by atoms with Crippen molar-refractivity contribution in [2.24, 2.45) is 11.7 Å². The second kappa shape index (κ2) is 11.5. The van der Waals surface area contributed by atoms with Crippen molar-refractivity contribution in [1.82, 2.24) is 9.97 Å². The predicted octanol–water partition coefficient (Wildman–Crippen LogP) is 4.83. The van der Waals surface area contributed by atoms with Crippen molar-refractivity contribution in [2.75, 3.05) is 18.5 Å². The van der Waals surface area contributed by atoms with Crippen LogP contribution in [0.25, 0.3) is 11.1 Å². The van der Waals surface area contributed by atoms with Crippen LogP contribution in [0.5, 0.6) is 5.88 Å². The van der Waals surface area contributed by atoms with Gasteiger partial charge in [-0.3, -0.25) is 5.32 Å². The lowest BCUT2D eigenvalue weighted by atomic mass is 9.93. The van der Waals surface area contributed by atoms with Gasteiger partial charge in [-0.25, -0.2) is 19.6 Å². The topological polar surface area (TPSA) is 126 Å². The molecule has 0 aliphatic rings. The van der Waals surface area contributed by atoms with Gasteiger partial charge in [0.1, 0.15) is 23.0 Å². The molecule has 1 atom stereocenters. The van der Waals surface area contributed by atoms with Gasteiger partial charge in [0.2, 0.25) is 5.88 Å². The highest BCUT2D eigenvalue weighted by Crippen LogP contribution is 2.29. The lowest BCUT2D eigenvalue weighted by molar-refractivity contribution is -0.158. The Bertz CT molecular complexity index is 1010. The van der Waals surface area contributed by atoms with Gasteiger partial charge in [-0.1, -0.05) is 25.4 Å². The molecule has 0 saturated carbocycles. The van der Waals surface area contributed by atoms with Crippen LogP contribution in [0.4, 0.5) is 10.6 Å². The fourth-order valence-electron chi connectivity index (χ4n) is 3.23. The van der Waals surface area contributed by atoms with Crippen LogP contribution >= 0.6 is 11.6 Å². The maximum Gasteiger partial charge on any atom is 0.413 e. The third kappa shape index (κ3) is 9.52. The first kappa shape index (κ1) is 27.3. The van der Waals surface area contributed by atoms with Crippen LogP contribution in [0, 0.1) is 5.92 Å². The first-order valence-electron chi connectivity index (χ1n) is 10.9. The lowest BCUT2D eigenvalue weighted by Crippen LogP contribution is -2.43. The highest BCUT2D eigenvalue weighted by molar-refractivity contribution is 6.32. The van der Waals surface area contributed by atoms with Gasteiger partial charge < -0.3 is 19.9 Å². The number of hydrogen-bond acceptors (Lipinski definition) is 8. The van der Waals surface area contributed by atoms with E-state index in [1.165, 1.54) is 6.20 Å². The van der Waals surface area contributed by atoms with E-state index in [1.807, 2.05) is 6.92 Å². The molecule has 2 rings (SSSR count). The van der Waals surface area contributed by atoms with Gasteiger partial charge in [0.25, 0.3) is 0 Å². The first-order chi connectivity index (χ1) is 15.7. The maximum absolute atomic E-state index is 12.0. The zero-order chi connectivity index (χ0) is 25.5. The Kier molecular flexibility index (Phi) is 9.23. The van der Waals surface area contributed by atoms with Crippen molar-refractivity contribution in [1.29, 1.82) is 0 Å². The SMILES string of the molecule is CC(C)CC(C)(N)COc1ncc(-c2ccnc(NC(=O)OCC(=O)OC(C)(C)C)c2)cc1Cl. The predicted molar refractivity (Wildman–Crippen MR) is 131 cm³/mol. The van der Waals surface area contributed by atoms with Crippen molar-refractivity contribution < 1.29 is 23.8 Å². The Hall–Kier alpha value is -2.91. The summed E-state index contributed by atoms with van der Waals surface area (Å²) in [6.45, 7) is 11.1. The van der Waals surface area contributed by atoms with Crippen LogP contribution in [0.2, 0.25) is 5.02 Å². The summed E-state index contributed by atoms with van der Waals surface area (Å²) in [5.74, 6) is 0.319. The molecule has 0 bridgehead atoms. The summed E-state index contributed by atoms with van der Waals surface area (Å²) in [5.41, 5.74) is 6.53. The summed E-state index contributed by atoms with van der Waals surface area (Å²) in [6.07, 6.45) is 3.09. The summed E-state index contributed by atoms with van der Waals surface area (Å²) in [7, 11) is 0. The van der Waals surface area contributed by atoms with E-state index in [0.717, 1.165) is 6.42 Å². The van der Waals surface area contributed by atoms with E-state index in [2.05, 4.69) is 29.1 Å². The molecular formula is C24H33ClN4O5. The fourth-order valence-corrected chi connectivity index (χ4v) is 3.45. The van der Waals surface area contributed by atoms with Crippen LogP contribution in [0.3, 0.4) is 0 Å². The number of anilines is 1. The molecule has 0 spiro atoms. The van der Waals surface area contributed by atoms with Gasteiger partial charge in [-0.05, 0) is 63.8 Å². The van der Waals surface area contributed by atoms with Crippen LogP contribution in [0.15, 0.2) is 30.6 Å². The number of pyridine rings is 2. The highest BCUT2D eigenvalue weighted by Gasteiger charge is 2.22. The second-order valence-corrected chi connectivity index (χ2v) is 10.2. The molecule has 0 aliphatic carbocycles. The largest absolute Gasteiger partial charge is 0.475 e. The number of amides is 1. The molecule has 10 heteroatoms. The van der Waals surface area contributed by atoms with Gasteiger partial charge >= 0.3 is 12.1 Å². The first-order valence-corrected chi connectivity index (χ1v) is 11.3. The van der Waals surface area contributed by atoms with Crippen molar-refractivity contribution in [2.45, 2.75) is 59.1 Å². The van der Waals surface area contributed by atoms with Gasteiger partial charge in [0, 0.05) is 23.5 Å². The third-order valence-corrected chi connectivity index (χ3v) is 4.56. The lowest BCUT2D eigenvalue weighted by Gasteiger charge is -2.26. The number of ether oxygens (including phenoxy) is 3. The van der Waals surface area contributed by atoms with Gasteiger partial charge in [-0.2, -0.15) is 0 Å². The summed E-state index contributed by atoms with van der Waals surface area (Å²) >= 11 is 6.38. The minimum atomic E-state index is -0.832. The zero-order valence-corrected chi connectivity index (χ0v) is 21.2. The van der Waals surface area contributed by atoms with Crippen molar-refractivity contribution >= 4 is 29.5 Å². The molecule has 2 aromatic rings. The van der Waals surface area contributed by atoms with Gasteiger partial charge in [0.15, 0.2) is 6.61 Å². The molecule has 0 aromatic carbocycles. The number of aromatic nitrogens is 2. The van der Waals surface area contributed by atoms with E-state index < -0.39 is 29.8 Å². The monoisotopic (exact) mass is 492 g/mol. The second-order valence-electron chi connectivity index (χ2n) is 9.77. The number of carbonyl (C=O) groups is 2. The minimum absolute atomic E-state index is 0.232. The Morgan fingerprint density at radius 1 is 1.15 bits per heavy atom. The molecule has 9 nitrogen and oxygen atoms in total. The number of rotatable bonds is 9. The average Bonchev–Trinajstić information content (AvgIpc) is 2.69. The van der Waals surface area contributed by atoms with E-state index in [-0.39, 0.29) is 12.4 Å². The van der Waals surface area contributed by atoms with Crippen LogP contribution in [-0.2, 0) is 14.3 Å². The van der Waals surface area contributed by atoms with Crippen molar-refractivity contribution in [3.05, 3.63) is 35.6 Å². The molecule has 2 heterocycles. The van der Waals surface area contributed by atoms with Crippen molar-refractivity contribution in [3.63, 3.8) is 0 Å². The molecule has 0 fully saturated rings. The summed E-state index contributed by atoms with van der Waals surface area (Å²) in [4.78, 5) is 32.1. The summed E-state index contributed by atoms with van der Waals surface area (Å²) < 4.78 is 15.7. The minimum Gasteiger partial charge on any atom is -0.475 e. The molecule has 1 unspecified atom stereocenters. The van der Waals surface area contributed by atoms with Crippen LogP contribution < -0.4 is 15.8 Å². The highest BCUT2D eigenvalue weighted by atomic mass is 35.5. The Balaban J connectivity index is 2.00. The van der Waals surface area contributed by atoms with E-state index in [1.54, 1.807) is 45.2 Å². The zero-order valence-electron chi connectivity index (χ0n) is 20.5. The number of nitrogens with zero attached hydrogens (tertiary/aromatic N) is 2. The third-order valence-electron chi connectivity index (χ3n) is 4.29. The Morgan fingerprint density at radius 2 is 1.85 bits per heavy atom. The molecule has 3 N–H and O–H groups in total. The quantitative estimate of drug-likeness (QED) is 0.476. The maximum atomic E-state index is 12.0. The normalized spacial score (nSPS) is 13.2. The summed E-state index contributed by atoms with van der Waals surface area (Å²) in [6, 6.07) is 5.08. The number of nitrogens with one attached hydrogen (secondary N) is 1.